The van der Waals surface area contributed by atoms with Gasteiger partial charge in [0.2, 0.25) is 0 Å². The number of ether oxygens (including phenoxy) is 1. The van der Waals surface area contributed by atoms with Gasteiger partial charge in [-0.05, 0) is 31.2 Å². The molecule has 17 heavy (non-hydrogen) atoms. The van der Waals surface area contributed by atoms with Crippen molar-refractivity contribution in [2.24, 2.45) is 10.8 Å². The first-order valence-corrected chi connectivity index (χ1v) is 6.47. The van der Waals surface area contributed by atoms with Crippen LogP contribution < -0.4 is 0 Å². The molecule has 0 amide bonds. The Hall–Kier alpha value is -0.610. The van der Waals surface area contributed by atoms with Crippen molar-refractivity contribution in [1.82, 2.24) is 4.90 Å². The van der Waals surface area contributed by atoms with Crippen LogP contribution in [0, 0.1) is 10.8 Å². The smallest absolute Gasteiger partial charge is 0.313 e. The maximum Gasteiger partial charge on any atom is 0.313 e. The summed E-state index contributed by atoms with van der Waals surface area (Å²) in [6, 6.07) is 0. The van der Waals surface area contributed by atoms with E-state index in [1.807, 2.05) is 0 Å². The van der Waals surface area contributed by atoms with E-state index in [-0.39, 0.29) is 0 Å². The molecule has 0 radical (unpaired) electrons. The molecule has 0 spiro atoms. The summed E-state index contributed by atoms with van der Waals surface area (Å²) in [6.07, 6.45) is 2.77. The minimum atomic E-state index is -0.693. The van der Waals surface area contributed by atoms with Crippen molar-refractivity contribution in [3.63, 3.8) is 0 Å². The molecule has 4 nitrogen and oxygen atoms in total. The van der Waals surface area contributed by atoms with E-state index in [0.717, 1.165) is 32.4 Å². The minimum Gasteiger partial charge on any atom is -0.481 e. The molecule has 1 N–H and O–H groups in total. The number of hydrogen-bond acceptors (Lipinski definition) is 3. The zero-order chi connectivity index (χ0) is 12.5. The highest BCUT2D eigenvalue weighted by Crippen LogP contribution is 2.35. The van der Waals surface area contributed by atoms with Gasteiger partial charge in [-0.15, -0.1) is 0 Å². The van der Waals surface area contributed by atoms with E-state index in [1.165, 1.54) is 0 Å². The molecular formula is C13H23NO3. The molecule has 0 aromatic rings. The van der Waals surface area contributed by atoms with E-state index in [1.54, 1.807) is 0 Å². The van der Waals surface area contributed by atoms with Gasteiger partial charge in [-0.3, -0.25) is 4.79 Å². The Balaban J connectivity index is 2.01. The van der Waals surface area contributed by atoms with Gasteiger partial charge in [-0.2, -0.15) is 0 Å². The average Bonchev–Trinajstić information content (AvgIpc) is 2.59. The molecule has 2 heterocycles. The number of carboxylic acid groups (broad SMARTS) is 1. The van der Waals surface area contributed by atoms with Crippen LogP contribution in [-0.4, -0.2) is 48.8 Å². The number of nitrogens with zero attached hydrogens (tertiary/aromatic N) is 1. The molecule has 1 atom stereocenters. The van der Waals surface area contributed by atoms with E-state index in [4.69, 9.17) is 4.74 Å². The maximum absolute atomic E-state index is 11.5. The predicted octanol–water partition coefficient (Wildman–Crippen LogP) is 1.60. The molecule has 0 aromatic heterocycles. The van der Waals surface area contributed by atoms with Crippen LogP contribution in [0.25, 0.3) is 0 Å². The molecule has 0 aromatic carbocycles. The summed E-state index contributed by atoms with van der Waals surface area (Å²) in [6.45, 7) is 8.24. The van der Waals surface area contributed by atoms with Gasteiger partial charge in [0.05, 0.1) is 6.61 Å². The van der Waals surface area contributed by atoms with Crippen LogP contribution in [0.3, 0.4) is 0 Å². The molecule has 0 saturated carbocycles. The molecule has 0 bridgehead atoms. The van der Waals surface area contributed by atoms with Crippen LogP contribution in [0.5, 0.6) is 0 Å². The fourth-order valence-electron chi connectivity index (χ4n) is 3.00. The Morgan fingerprint density at radius 2 is 2.18 bits per heavy atom. The Labute approximate surface area is 103 Å². The summed E-state index contributed by atoms with van der Waals surface area (Å²) in [5.41, 5.74) is -0.339. The number of carboxylic acids is 1. The van der Waals surface area contributed by atoms with Gasteiger partial charge in [0.1, 0.15) is 5.41 Å². The molecule has 2 aliphatic heterocycles. The third kappa shape index (κ3) is 2.80. The first kappa shape index (κ1) is 12.8. The second kappa shape index (κ2) is 4.58. The number of carbonyl (C=O) groups is 1. The molecule has 2 aliphatic rings. The molecule has 98 valence electrons. The minimum absolute atomic E-state index is 0.329. The molecule has 2 rings (SSSR count). The number of hydrogen-bond donors (Lipinski definition) is 1. The summed E-state index contributed by atoms with van der Waals surface area (Å²) in [5, 5.41) is 9.47. The predicted molar refractivity (Wildman–Crippen MR) is 65.0 cm³/mol. The zero-order valence-electron chi connectivity index (χ0n) is 10.9. The second-order valence-electron chi connectivity index (χ2n) is 6.37. The van der Waals surface area contributed by atoms with Crippen LogP contribution in [0.4, 0.5) is 0 Å². The van der Waals surface area contributed by atoms with Gasteiger partial charge in [-0.1, -0.05) is 13.8 Å². The van der Waals surface area contributed by atoms with Crippen molar-refractivity contribution in [2.45, 2.75) is 33.1 Å². The van der Waals surface area contributed by atoms with Crippen LogP contribution in [0.1, 0.15) is 33.1 Å². The van der Waals surface area contributed by atoms with Crippen molar-refractivity contribution in [1.29, 1.82) is 0 Å². The number of aliphatic carboxylic acids is 1. The van der Waals surface area contributed by atoms with Gasteiger partial charge in [0.25, 0.3) is 0 Å². The first-order chi connectivity index (χ1) is 7.94. The SMILES string of the molecule is CC1(C)CCN(CC2(C(=O)O)CCCOC2)C1. The lowest BCUT2D eigenvalue weighted by Crippen LogP contribution is -2.48. The van der Waals surface area contributed by atoms with Crippen molar-refractivity contribution in [3.8, 4) is 0 Å². The Morgan fingerprint density at radius 3 is 2.65 bits per heavy atom. The van der Waals surface area contributed by atoms with Gasteiger partial charge in [0.15, 0.2) is 0 Å². The average molecular weight is 241 g/mol. The van der Waals surface area contributed by atoms with E-state index < -0.39 is 11.4 Å². The number of likely N-dealkylation sites (tertiary alicyclic amines) is 1. The highest BCUT2D eigenvalue weighted by Gasteiger charge is 2.44. The third-order valence-electron chi connectivity index (χ3n) is 4.06. The van der Waals surface area contributed by atoms with Crippen LogP contribution in [-0.2, 0) is 9.53 Å². The summed E-state index contributed by atoms with van der Waals surface area (Å²) < 4.78 is 5.40. The number of rotatable bonds is 3. The fraction of sp³-hybridized carbons (Fsp3) is 0.923. The standard InChI is InChI=1S/C13H23NO3/c1-12(2)5-6-14(8-12)9-13(11(15)16)4-3-7-17-10-13/h3-10H2,1-2H3,(H,15,16). The third-order valence-corrected chi connectivity index (χ3v) is 4.06. The van der Waals surface area contributed by atoms with E-state index in [2.05, 4.69) is 18.7 Å². The summed E-state index contributed by atoms with van der Waals surface area (Å²) in [7, 11) is 0. The van der Waals surface area contributed by atoms with Crippen molar-refractivity contribution in [2.75, 3.05) is 32.8 Å². The maximum atomic E-state index is 11.5. The lowest BCUT2D eigenvalue weighted by atomic mass is 9.82. The monoisotopic (exact) mass is 241 g/mol. The molecule has 2 saturated heterocycles. The molecule has 0 aliphatic carbocycles. The lowest BCUT2D eigenvalue weighted by Gasteiger charge is -2.36. The van der Waals surface area contributed by atoms with Gasteiger partial charge < -0.3 is 14.7 Å². The van der Waals surface area contributed by atoms with Gasteiger partial charge >= 0.3 is 5.97 Å². The van der Waals surface area contributed by atoms with Crippen LogP contribution in [0.15, 0.2) is 0 Å². The molecule has 1 unspecified atom stereocenters. The Morgan fingerprint density at radius 1 is 1.41 bits per heavy atom. The first-order valence-electron chi connectivity index (χ1n) is 6.47. The van der Waals surface area contributed by atoms with Crippen LogP contribution in [0.2, 0.25) is 0 Å². The van der Waals surface area contributed by atoms with Crippen LogP contribution >= 0.6 is 0 Å². The van der Waals surface area contributed by atoms with Gasteiger partial charge in [-0.25, -0.2) is 0 Å². The largest absolute Gasteiger partial charge is 0.481 e. The highest BCUT2D eigenvalue weighted by molar-refractivity contribution is 5.75. The van der Waals surface area contributed by atoms with E-state index in [9.17, 15) is 9.90 Å². The molecular weight excluding hydrogens is 218 g/mol. The van der Waals surface area contributed by atoms with Crippen molar-refractivity contribution < 1.29 is 14.6 Å². The summed E-state index contributed by atoms with van der Waals surface area (Å²) in [4.78, 5) is 13.8. The Kier molecular flexibility index (Phi) is 3.46. The fourth-order valence-corrected chi connectivity index (χ4v) is 3.00. The summed E-state index contributed by atoms with van der Waals surface area (Å²) >= 11 is 0. The Bertz CT molecular complexity index is 295. The summed E-state index contributed by atoms with van der Waals surface area (Å²) in [5.74, 6) is -0.693. The van der Waals surface area contributed by atoms with E-state index >= 15 is 0 Å². The second-order valence-corrected chi connectivity index (χ2v) is 6.37. The highest BCUT2D eigenvalue weighted by atomic mass is 16.5. The quantitative estimate of drug-likeness (QED) is 0.815. The lowest BCUT2D eigenvalue weighted by molar-refractivity contribution is -0.159. The van der Waals surface area contributed by atoms with Gasteiger partial charge in [0, 0.05) is 19.7 Å². The van der Waals surface area contributed by atoms with Crippen molar-refractivity contribution in [3.05, 3.63) is 0 Å². The van der Waals surface area contributed by atoms with E-state index in [0.29, 0.717) is 25.2 Å². The van der Waals surface area contributed by atoms with Crippen molar-refractivity contribution >= 4 is 5.97 Å². The normalized spacial score (nSPS) is 33.8. The topological polar surface area (TPSA) is 49.8 Å². The molecule has 2 fully saturated rings. The zero-order valence-corrected chi connectivity index (χ0v) is 10.9. The molecule has 4 heteroatoms.